The van der Waals surface area contributed by atoms with Crippen LogP contribution in [0, 0.1) is 5.92 Å². The topological polar surface area (TPSA) is 104 Å². The number of rotatable bonds is 7. The van der Waals surface area contributed by atoms with E-state index in [1.165, 1.54) is 5.82 Å². The van der Waals surface area contributed by atoms with Crippen molar-refractivity contribution in [2.75, 3.05) is 6.16 Å². The predicted octanol–water partition coefficient (Wildman–Crippen LogP) is 3.57. The molecule has 7 heteroatoms. The van der Waals surface area contributed by atoms with Gasteiger partial charge in [0.1, 0.15) is 17.9 Å². The zero-order valence-electron chi connectivity index (χ0n) is 13.7. The summed E-state index contributed by atoms with van der Waals surface area (Å²) in [6.45, 7) is 1.88. The number of hydrogen-bond acceptors (Lipinski definition) is 4. The molecule has 0 radical (unpaired) electrons. The van der Waals surface area contributed by atoms with Gasteiger partial charge in [-0.05, 0) is 13.0 Å². The number of carboxylic acid groups (broad SMARTS) is 2. The smallest absolute Gasteiger partial charge is 0.343 e. The third kappa shape index (κ3) is 5.02. The molecule has 0 spiro atoms. The SMILES string of the molecule is C/C=C\C=C/C1=C[P+](O)(CC(CC(=O)O)C(=O)O)Oc2ccccc21. The molecule has 0 aromatic heterocycles. The summed E-state index contributed by atoms with van der Waals surface area (Å²) in [4.78, 5) is 33.1. The number of hydrogen-bond donors (Lipinski definition) is 3. The van der Waals surface area contributed by atoms with Gasteiger partial charge in [-0.25, -0.2) is 4.89 Å². The second-order valence-electron chi connectivity index (χ2n) is 5.63. The van der Waals surface area contributed by atoms with E-state index in [-0.39, 0.29) is 6.16 Å². The van der Waals surface area contributed by atoms with Crippen LogP contribution in [-0.4, -0.2) is 33.2 Å². The van der Waals surface area contributed by atoms with Crippen LogP contribution < -0.4 is 4.52 Å². The van der Waals surface area contributed by atoms with Gasteiger partial charge < -0.3 is 14.7 Å². The van der Waals surface area contributed by atoms with Crippen molar-refractivity contribution in [2.45, 2.75) is 13.3 Å². The average Bonchev–Trinajstić information content (AvgIpc) is 2.53. The second kappa shape index (κ2) is 8.10. The summed E-state index contributed by atoms with van der Waals surface area (Å²) in [5.41, 5.74) is 1.51. The van der Waals surface area contributed by atoms with Crippen molar-refractivity contribution < 1.29 is 29.2 Å². The molecule has 2 unspecified atom stereocenters. The summed E-state index contributed by atoms with van der Waals surface area (Å²) >= 11 is 0. The fraction of sp³-hybridized carbons (Fsp3) is 0.222. The normalized spacial score (nSPS) is 20.8. The summed E-state index contributed by atoms with van der Waals surface area (Å²) in [7, 11) is -3.25. The third-order valence-electron chi connectivity index (χ3n) is 3.63. The highest BCUT2D eigenvalue weighted by atomic mass is 31.2. The van der Waals surface area contributed by atoms with Crippen LogP contribution in [0.3, 0.4) is 0 Å². The van der Waals surface area contributed by atoms with Crippen molar-refractivity contribution >= 4 is 25.2 Å². The zero-order valence-corrected chi connectivity index (χ0v) is 14.6. The van der Waals surface area contributed by atoms with Gasteiger partial charge in [-0.1, -0.05) is 42.5 Å². The molecule has 1 aliphatic rings. The molecule has 1 aromatic rings. The van der Waals surface area contributed by atoms with Crippen molar-refractivity contribution in [1.29, 1.82) is 0 Å². The fourth-order valence-corrected chi connectivity index (χ4v) is 4.83. The van der Waals surface area contributed by atoms with Gasteiger partial charge in [-0.15, -0.1) is 0 Å². The lowest BCUT2D eigenvalue weighted by atomic mass is 10.1. The van der Waals surface area contributed by atoms with E-state index in [1.54, 1.807) is 18.2 Å². The number of allylic oxidation sites excluding steroid dienone is 5. The van der Waals surface area contributed by atoms with Gasteiger partial charge in [-0.3, -0.25) is 9.59 Å². The van der Waals surface area contributed by atoms with Gasteiger partial charge in [0.05, 0.1) is 6.42 Å². The van der Waals surface area contributed by atoms with Gasteiger partial charge >= 0.3 is 19.7 Å². The Balaban J connectivity index is 2.38. The number of aliphatic carboxylic acids is 2. The Labute approximate surface area is 146 Å². The maximum absolute atomic E-state index is 11.3. The Hall–Kier alpha value is -2.43. The monoisotopic (exact) mass is 363 g/mol. The molecule has 0 amide bonds. The number of fused-ring (bicyclic) bond motifs is 1. The van der Waals surface area contributed by atoms with Crippen molar-refractivity contribution in [3.8, 4) is 5.75 Å². The Bertz CT molecular complexity index is 752. The highest BCUT2D eigenvalue weighted by Crippen LogP contribution is 2.63. The molecule has 132 valence electrons. The molecule has 0 fully saturated rings. The van der Waals surface area contributed by atoms with Crippen LogP contribution in [0.15, 0.2) is 54.4 Å². The van der Waals surface area contributed by atoms with Crippen LogP contribution in [0.5, 0.6) is 5.75 Å². The minimum Gasteiger partial charge on any atom is -0.481 e. The van der Waals surface area contributed by atoms with Crippen molar-refractivity contribution in [2.24, 2.45) is 5.92 Å². The van der Waals surface area contributed by atoms with E-state index in [2.05, 4.69) is 0 Å². The Kier molecular flexibility index (Phi) is 6.12. The first-order valence-corrected chi connectivity index (χ1v) is 9.62. The Morgan fingerprint density at radius 3 is 2.60 bits per heavy atom. The van der Waals surface area contributed by atoms with Crippen molar-refractivity contribution in [3.05, 3.63) is 60.0 Å². The molecule has 25 heavy (non-hydrogen) atoms. The molecule has 0 saturated carbocycles. The molecule has 1 aromatic carbocycles. The van der Waals surface area contributed by atoms with E-state index in [4.69, 9.17) is 9.63 Å². The van der Waals surface area contributed by atoms with Crippen LogP contribution in [-0.2, 0) is 9.59 Å². The maximum atomic E-state index is 11.3. The summed E-state index contributed by atoms with van der Waals surface area (Å²) in [5.74, 6) is -1.72. The van der Waals surface area contributed by atoms with Crippen molar-refractivity contribution in [1.82, 2.24) is 0 Å². The Morgan fingerprint density at radius 1 is 1.24 bits per heavy atom. The molecule has 1 aliphatic heterocycles. The number of benzene rings is 1. The standard InChI is InChI=1S/C18H19O6P/c1-2-3-4-7-13-11-25(23,12-14(18(21)22)10-17(19)20)24-16-9-6-5-8-15(13)16/h2-9,11,14,23H,10,12H2,1H3,(H-,19,20,21,22)/p+1/b3-2-,7-4-. The van der Waals surface area contributed by atoms with Crippen molar-refractivity contribution in [3.63, 3.8) is 0 Å². The lowest BCUT2D eigenvalue weighted by Crippen LogP contribution is -2.24. The van der Waals surface area contributed by atoms with E-state index in [0.717, 1.165) is 11.1 Å². The van der Waals surface area contributed by atoms with E-state index in [9.17, 15) is 19.6 Å². The number of carboxylic acids is 2. The molecule has 1 heterocycles. The molecule has 0 aliphatic carbocycles. The van der Waals surface area contributed by atoms with Gasteiger partial charge in [0, 0.05) is 11.1 Å². The summed E-state index contributed by atoms with van der Waals surface area (Å²) in [6, 6.07) is 7.14. The van der Waals surface area contributed by atoms with Gasteiger partial charge in [0.25, 0.3) is 0 Å². The first-order chi connectivity index (χ1) is 11.8. The van der Waals surface area contributed by atoms with E-state index in [0.29, 0.717) is 5.75 Å². The van der Waals surface area contributed by atoms with Gasteiger partial charge in [-0.2, -0.15) is 0 Å². The first kappa shape index (κ1) is 18.9. The molecule has 6 nitrogen and oxygen atoms in total. The highest BCUT2D eigenvalue weighted by molar-refractivity contribution is 7.69. The number of carbonyl (C=O) groups is 2. The van der Waals surface area contributed by atoms with E-state index < -0.39 is 32.0 Å². The summed E-state index contributed by atoms with van der Waals surface area (Å²) < 4.78 is 5.70. The molecular weight excluding hydrogens is 343 g/mol. The minimum absolute atomic E-state index is 0.260. The van der Waals surface area contributed by atoms with Crippen LogP contribution in [0.25, 0.3) is 5.57 Å². The predicted molar refractivity (Wildman–Crippen MR) is 96.4 cm³/mol. The van der Waals surface area contributed by atoms with E-state index >= 15 is 0 Å². The summed E-state index contributed by atoms with van der Waals surface area (Å²) in [6.07, 6.45) is 6.48. The minimum atomic E-state index is -3.25. The van der Waals surface area contributed by atoms with Gasteiger partial charge in [0.15, 0.2) is 5.75 Å². The third-order valence-corrected chi connectivity index (χ3v) is 5.79. The molecule has 2 rings (SSSR count). The zero-order chi connectivity index (χ0) is 18.4. The van der Waals surface area contributed by atoms with Crippen LogP contribution in [0.1, 0.15) is 18.9 Å². The maximum Gasteiger partial charge on any atom is 0.343 e. The van der Waals surface area contributed by atoms with Crippen LogP contribution in [0.4, 0.5) is 0 Å². The van der Waals surface area contributed by atoms with Crippen LogP contribution >= 0.6 is 7.72 Å². The molecular formula is C18H20O6P+. The van der Waals surface area contributed by atoms with E-state index in [1.807, 2.05) is 37.3 Å². The lowest BCUT2D eigenvalue weighted by Gasteiger charge is -2.24. The molecule has 0 bridgehead atoms. The lowest BCUT2D eigenvalue weighted by molar-refractivity contribution is -0.147. The summed E-state index contributed by atoms with van der Waals surface area (Å²) in [5, 5.41) is 18.1. The largest absolute Gasteiger partial charge is 0.481 e. The Morgan fingerprint density at radius 2 is 1.96 bits per heavy atom. The van der Waals surface area contributed by atoms with Gasteiger partial charge in [0.2, 0.25) is 0 Å². The number of para-hydroxylation sites is 1. The van der Waals surface area contributed by atoms with Crippen LogP contribution in [0.2, 0.25) is 0 Å². The molecule has 3 N–H and O–H groups in total. The highest BCUT2D eigenvalue weighted by Gasteiger charge is 2.46. The fourth-order valence-electron chi connectivity index (χ4n) is 2.52. The second-order valence-corrected chi connectivity index (χ2v) is 7.95. The first-order valence-electron chi connectivity index (χ1n) is 7.71. The quantitative estimate of drug-likeness (QED) is 0.505. The molecule has 2 atom stereocenters. The average molecular weight is 363 g/mol. The molecule has 0 saturated heterocycles.